The fraction of sp³-hybridized carbons (Fsp3) is 0.429. The summed E-state index contributed by atoms with van der Waals surface area (Å²) in [7, 11) is 5.55. The Bertz CT molecular complexity index is 1360. The van der Waals surface area contributed by atoms with Crippen molar-refractivity contribution in [1.82, 2.24) is 29.5 Å². The number of nitrogens with zero attached hydrogens (tertiary/aromatic N) is 6. The van der Waals surface area contributed by atoms with E-state index in [4.69, 9.17) is 9.72 Å². The molecule has 1 aliphatic heterocycles. The number of ether oxygens (including phenoxy) is 1. The Morgan fingerprint density at radius 1 is 1.16 bits per heavy atom. The van der Waals surface area contributed by atoms with Gasteiger partial charge in [0.05, 0.1) is 25.0 Å². The van der Waals surface area contributed by atoms with Gasteiger partial charge in [-0.2, -0.15) is 0 Å². The van der Waals surface area contributed by atoms with Gasteiger partial charge in [-0.1, -0.05) is 25.1 Å². The van der Waals surface area contributed by atoms with Crippen molar-refractivity contribution in [2.24, 2.45) is 7.05 Å². The first kappa shape index (κ1) is 25.9. The van der Waals surface area contributed by atoms with Gasteiger partial charge in [0.1, 0.15) is 5.69 Å². The Balaban J connectivity index is 1.37. The predicted octanol–water partition coefficient (Wildman–Crippen LogP) is 3.22. The highest BCUT2D eigenvalue weighted by molar-refractivity contribution is 5.97. The van der Waals surface area contributed by atoms with Crippen LogP contribution in [0.4, 0.5) is 17.3 Å². The lowest BCUT2D eigenvalue weighted by atomic mass is 9.99. The zero-order valence-electron chi connectivity index (χ0n) is 22.8. The average molecular weight is 517 g/mol. The van der Waals surface area contributed by atoms with Gasteiger partial charge in [0.25, 0.3) is 5.88 Å². The molecule has 5 rings (SSSR count). The molecular formula is C28H36N8O2. The molecule has 0 saturated carbocycles. The lowest BCUT2D eigenvalue weighted by Gasteiger charge is -2.36. The van der Waals surface area contributed by atoms with Gasteiger partial charge < -0.3 is 20.3 Å². The fourth-order valence-electron chi connectivity index (χ4n) is 5.27. The Morgan fingerprint density at radius 2 is 1.95 bits per heavy atom. The second kappa shape index (κ2) is 10.9. The van der Waals surface area contributed by atoms with E-state index >= 15 is 0 Å². The monoisotopic (exact) mass is 516 g/mol. The molecule has 1 fully saturated rings. The van der Waals surface area contributed by atoms with Crippen LogP contribution in [0, 0.1) is 6.92 Å². The number of amides is 1. The van der Waals surface area contributed by atoms with Crippen molar-refractivity contribution in [1.29, 1.82) is 0 Å². The summed E-state index contributed by atoms with van der Waals surface area (Å²) < 4.78 is 7.03. The molecule has 0 unspecified atom stereocenters. The minimum atomic E-state index is -0.129. The van der Waals surface area contributed by atoms with Gasteiger partial charge in [0.15, 0.2) is 0 Å². The summed E-state index contributed by atoms with van der Waals surface area (Å²) >= 11 is 0. The zero-order valence-corrected chi connectivity index (χ0v) is 22.8. The van der Waals surface area contributed by atoms with Crippen LogP contribution in [0.25, 0.3) is 5.57 Å². The van der Waals surface area contributed by atoms with E-state index in [-0.39, 0.29) is 11.9 Å². The first-order valence-corrected chi connectivity index (χ1v) is 13.1. The minimum Gasteiger partial charge on any atom is -0.478 e. The van der Waals surface area contributed by atoms with Gasteiger partial charge >= 0.3 is 0 Å². The molecule has 38 heavy (non-hydrogen) atoms. The molecule has 1 aromatic carbocycles. The number of carbonyl (C=O) groups is 1. The number of carbonyl (C=O) groups excluding carboxylic acids is 1. The maximum atomic E-state index is 13.4. The molecule has 2 aromatic heterocycles. The van der Waals surface area contributed by atoms with Crippen molar-refractivity contribution in [3.63, 3.8) is 0 Å². The second-order valence-corrected chi connectivity index (χ2v) is 9.98. The number of allylic oxidation sites excluding steroid dienone is 1. The summed E-state index contributed by atoms with van der Waals surface area (Å²) in [6.45, 7) is 7.89. The van der Waals surface area contributed by atoms with E-state index in [1.165, 1.54) is 0 Å². The van der Waals surface area contributed by atoms with Crippen molar-refractivity contribution in [2.45, 2.75) is 32.7 Å². The van der Waals surface area contributed by atoms with E-state index in [2.05, 4.69) is 56.6 Å². The first-order valence-electron chi connectivity index (χ1n) is 13.1. The third-order valence-electron chi connectivity index (χ3n) is 7.36. The zero-order chi connectivity index (χ0) is 26.8. The molecule has 1 atom stereocenters. The standard InChI is InChI=1S/C28H36N8O2/c1-6-24(36-14-12-34(3)13-15-36)26(37)30-22-9-7-8-19-20(22)10-11-21(19)25-18(2)16-29-28(32-25)31-23-17-35(4)33-27(23)38-5/h7-9,11,16-17,24H,6,10,12-15H2,1-5H3,(H,30,37)(H,29,31,32)/t24-/m1/s1. The van der Waals surface area contributed by atoms with E-state index in [0.717, 1.165) is 72.7 Å². The number of aromatic nitrogens is 4. The summed E-state index contributed by atoms with van der Waals surface area (Å²) in [4.78, 5) is 27.3. The number of fused-ring (bicyclic) bond motifs is 1. The summed E-state index contributed by atoms with van der Waals surface area (Å²) in [5.74, 6) is 1.01. The molecular weight excluding hydrogens is 480 g/mol. The van der Waals surface area contributed by atoms with Crippen LogP contribution in [0.3, 0.4) is 0 Å². The van der Waals surface area contributed by atoms with E-state index in [1.54, 1.807) is 11.8 Å². The van der Waals surface area contributed by atoms with Crippen molar-refractivity contribution in [3.05, 3.63) is 59.1 Å². The van der Waals surface area contributed by atoms with E-state index < -0.39 is 0 Å². The van der Waals surface area contributed by atoms with Crippen LogP contribution in [0.15, 0.2) is 36.7 Å². The second-order valence-electron chi connectivity index (χ2n) is 9.98. The highest BCUT2D eigenvalue weighted by Crippen LogP contribution is 2.37. The smallest absolute Gasteiger partial charge is 0.256 e. The number of methoxy groups -OCH3 is 1. The van der Waals surface area contributed by atoms with Crippen LogP contribution < -0.4 is 15.4 Å². The van der Waals surface area contributed by atoms with Crippen molar-refractivity contribution in [3.8, 4) is 5.88 Å². The summed E-state index contributed by atoms with van der Waals surface area (Å²) in [6, 6.07) is 5.97. The van der Waals surface area contributed by atoms with Crippen LogP contribution in [-0.4, -0.2) is 81.8 Å². The SMILES string of the molecule is CC[C@H](C(=O)Nc1cccc2c1CC=C2c1nc(Nc2cn(C)nc2OC)ncc1C)N1CCN(C)CC1. The number of hydrogen-bond acceptors (Lipinski definition) is 8. The number of piperazine rings is 1. The minimum absolute atomic E-state index is 0.0639. The van der Waals surface area contributed by atoms with Crippen LogP contribution in [-0.2, 0) is 18.3 Å². The molecule has 1 aliphatic carbocycles. The molecule has 0 radical (unpaired) electrons. The topological polar surface area (TPSA) is 100 Å². The molecule has 10 heteroatoms. The number of nitrogens with one attached hydrogen (secondary N) is 2. The maximum absolute atomic E-state index is 13.4. The Hall–Kier alpha value is -3.76. The molecule has 3 aromatic rings. The summed E-state index contributed by atoms with van der Waals surface area (Å²) in [6.07, 6.45) is 7.34. The number of likely N-dealkylation sites (N-methyl/N-ethyl adjacent to an activating group) is 1. The van der Waals surface area contributed by atoms with Crippen LogP contribution in [0.2, 0.25) is 0 Å². The maximum Gasteiger partial charge on any atom is 0.256 e. The third kappa shape index (κ3) is 5.14. The van der Waals surface area contributed by atoms with Gasteiger partial charge in [-0.25, -0.2) is 9.97 Å². The third-order valence-corrected chi connectivity index (χ3v) is 7.36. The van der Waals surface area contributed by atoms with Gasteiger partial charge in [0, 0.05) is 50.7 Å². The van der Waals surface area contributed by atoms with Gasteiger partial charge in [0.2, 0.25) is 11.9 Å². The lowest BCUT2D eigenvalue weighted by molar-refractivity contribution is -0.122. The summed E-state index contributed by atoms with van der Waals surface area (Å²) in [5, 5.41) is 10.8. The fourth-order valence-corrected chi connectivity index (χ4v) is 5.27. The molecule has 1 amide bonds. The number of aryl methyl sites for hydroxylation is 2. The molecule has 2 N–H and O–H groups in total. The van der Waals surface area contributed by atoms with E-state index in [9.17, 15) is 4.79 Å². The molecule has 10 nitrogen and oxygen atoms in total. The normalized spacial score (nSPS) is 16.6. The number of benzene rings is 1. The van der Waals surface area contributed by atoms with E-state index in [1.807, 2.05) is 38.5 Å². The van der Waals surface area contributed by atoms with Gasteiger partial charge in [-0.3, -0.25) is 14.4 Å². The lowest BCUT2D eigenvalue weighted by Crippen LogP contribution is -2.52. The highest BCUT2D eigenvalue weighted by Gasteiger charge is 2.28. The van der Waals surface area contributed by atoms with Crippen LogP contribution >= 0.6 is 0 Å². The first-order chi connectivity index (χ1) is 18.4. The molecule has 0 bridgehead atoms. The number of hydrogen-bond donors (Lipinski definition) is 2. The highest BCUT2D eigenvalue weighted by atomic mass is 16.5. The van der Waals surface area contributed by atoms with Crippen molar-refractivity contribution in [2.75, 3.05) is 51.0 Å². The molecule has 2 aliphatic rings. The van der Waals surface area contributed by atoms with E-state index in [0.29, 0.717) is 17.5 Å². The molecule has 0 spiro atoms. The van der Waals surface area contributed by atoms with Crippen LogP contribution in [0.5, 0.6) is 5.88 Å². The Kier molecular flexibility index (Phi) is 7.44. The van der Waals surface area contributed by atoms with Gasteiger partial charge in [-0.05, 0) is 49.6 Å². The largest absolute Gasteiger partial charge is 0.478 e. The molecule has 1 saturated heterocycles. The molecule has 3 heterocycles. The van der Waals surface area contributed by atoms with Crippen LogP contribution in [0.1, 0.15) is 35.7 Å². The van der Waals surface area contributed by atoms with Crippen molar-refractivity contribution < 1.29 is 9.53 Å². The summed E-state index contributed by atoms with van der Waals surface area (Å²) in [5.41, 5.74) is 6.65. The quantitative estimate of drug-likeness (QED) is 0.471. The Morgan fingerprint density at radius 3 is 2.68 bits per heavy atom. The number of rotatable bonds is 8. The molecule has 200 valence electrons. The number of anilines is 3. The van der Waals surface area contributed by atoms with Gasteiger partial charge in [-0.15, -0.1) is 5.10 Å². The predicted molar refractivity (Wildman–Crippen MR) is 149 cm³/mol. The Labute approximate surface area is 223 Å². The average Bonchev–Trinajstić information content (AvgIpc) is 3.50. The van der Waals surface area contributed by atoms with Crippen molar-refractivity contribution >= 4 is 28.8 Å².